The molecule has 0 bridgehead atoms. The van der Waals surface area contributed by atoms with Crippen LogP contribution in [0.2, 0.25) is 0 Å². The van der Waals surface area contributed by atoms with Gasteiger partial charge in [0.1, 0.15) is 5.54 Å². The second kappa shape index (κ2) is 8.82. The summed E-state index contributed by atoms with van der Waals surface area (Å²) in [6.07, 6.45) is -0.0763. The van der Waals surface area contributed by atoms with E-state index < -0.39 is 24.0 Å². The van der Waals surface area contributed by atoms with Gasteiger partial charge in [0.25, 0.3) is 5.91 Å². The number of hydrogen-bond donors (Lipinski definition) is 1. The van der Waals surface area contributed by atoms with Crippen molar-refractivity contribution in [1.82, 2.24) is 5.32 Å². The van der Waals surface area contributed by atoms with Gasteiger partial charge in [-0.1, -0.05) is 44.2 Å². The van der Waals surface area contributed by atoms with Gasteiger partial charge in [0.2, 0.25) is 0 Å². The molecule has 0 fully saturated rings. The van der Waals surface area contributed by atoms with Gasteiger partial charge >= 0.3 is 5.97 Å². The normalized spacial score (nSPS) is 12.8. The molecule has 0 aliphatic carbocycles. The van der Waals surface area contributed by atoms with Gasteiger partial charge < -0.3 is 10.1 Å². The highest BCUT2D eigenvalue weighted by molar-refractivity contribution is 5.97. The van der Waals surface area contributed by atoms with Crippen molar-refractivity contribution in [2.24, 2.45) is 5.92 Å². The average Bonchev–Trinajstić information content (AvgIpc) is 2.58. The maximum Gasteiger partial charge on any atom is 0.306 e. The molecule has 6 heteroatoms. The second-order valence-electron chi connectivity index (χ2n) is 5.97. The maximum atomic E-state index is 11.9. The van der Waals surface area contributed by atoms with E-state index in [1.807, 2.05) is 19.9 Å². The van der Waals surface area contributed by atoms with E-state index in [0.717, 1.165) is 0 Å². The summed E-state index contributed by atoms with van der Waals surface area (Å²) >= 11 is 0. The molecule has 0 aliphatic heterocycles. The molecule has 0 spiro atoms. The Morgan fingerprint density at radius 2 is 1.83 bits per heavy atom. The smallest absolute Gasteiger partial charge is 0.306 e. The Balaban J connectivity index is 2.37. The van der Waals surface area contributed by atoms with E-state index >= 15 is 0 Å². The van der Waals surface area contributed by atoms with Gasteiger partial charge in [0.05, 0.1) is 12.5 Å². The van der Waals surface area contributed by atoms with Crippen LogP contribution in [0.15, 0.2) is 30.3 Å². The number of Topliss-reactive ketones (excluding diaryl/α,β-unsaturated/α-hetero) is 1. The van der Waals surface area contributed by atoms with Crippen LogP contribution >= 0.6 is 0 Å². The zero-order chi connectivity index (χ0) is 18.2. The Hall–Kier alpha value is -2.68. The Morgan fingerprint density at radius 3 is 2.38 bits per heavy atom. The van der Waals surface area contributed by atoms with E-state index in [1.165, 1.54) is 0 Å². The lowest BCUT2D eigenvalue weighted by molar-refractivity contribution is -0.148. The van der Waals surface area contributed by atoms with E-state index in [2.05, 4.69) is 5.32 Å². The molecule has 0 unspecified atom stereocenters. The SMILES string of the molecule is CC(C)[C@@](C)(C#N)NC(=O)COC(=O)CCC(=O)c1ccccc1. The minimum atomic E-state index is -1.02. The fourth-order valence-corrected chi connectivity index (χ4v) is 1.83. The quantitative estimate of drug-likeness (QED) is 0.582. The van der Waals surface area contributed by atoms with Crippen molar-refractivity contribution in [1.29, 1.82) is 5.26 Å². The number of nitrogens with one attached hydrogen (secondary N) is 1. The second-order valence-corrected chi connectivity index (χ2v) is 5.97. The number of benzene rings is 1. The fraction of sp³-hybridized carbons (Fsp3) is 0.444. The molecular weight excluding hydrogens is 308 g/mol. The number of carbonyl (C=O) groups is 3. The number of amides is 1. The molecule has 0 aliphatic rings. The zero-order valence-corrected chi connectivity index (χ0v) is 14.2. The van der Waals surface area contributed by atoms with Crippen LogP contribution in [0.5, 0.6) is 0 Å². The molecule has 1 amide bonds. The third-order valence-electron chi connectivity index (χ3n) is 3.80. The van der Waals surface area contributed by atoms with Crippen molar-refractivity contribution in [2.75, 3.05) is 6.61 Å². The predicted octanol–water partition coefficient (Wildman–Crippen LogP) is 2.25. The van der Waals surface area contributed by atoms with Crippen LogP contribution in [-0.4, -0.2) is 29.8 Å². The Bertz CT molecular complexity index is 634. The van der Waals surface area contributed by atoms with Gasteiger partial charge in [-0.15, -0.1) is 0 Å². The summed E-state index contributed by atoms with van der Waals surface area (Å²) in [5, 5.41) is 11.7. The molecular formula is C18H22N2O4. The van der Waals surface area contributed by atoms with Crippen molar-refractivity contribution in [3.8, 4) is 6.07 Å². The Labute approximate surface area is 141 Å². The van der Waals surface area contributed by atoms with E-state index in [0.29, 0.717) is 5.56 Å². The van der Waals surface area contributed by atoms with Gasteiger partial charge in [-0.3, -0.25) is 14.4 Å². The molecule has 1 N–H and O–H groups in total. The van der Waals surface area contributed by atoms with Crippen LogP contribution in [0.3, 0.4) is 0 Å². The maximum absolute atomic E-state index is 11.9. The number of ketones is 1. The van der Waals surface area contributed by atoms with Gasteiger partial charge in [0.15, 0.2) is 12.4 Å². The summed E-state index contributed by atoms with van der Waals surface area (Å²) in [7, 11) is 0. The molecule has 1 aromatic carbocycles. The summed E-state index contributed by atoms with van der Waals surface area (Å²) in [4.78, 5) is 35.3. The summed E-state index contributed by atoms with van der Waals surface area (Å²) in [6.45, 7) is 4.76. The first kappa shape index (κ1) is 19.4. The molecule has 6 nitrogen and oxygen atoms in total. The van der Waals surface area contributed by atoms with Crippen molar-refractivity contribution in [3.63, 3.8) is 0 Å². The summed E-state index contributed by atoms with van der Waals surface area (Å²) in [5.74, 6) is -1.42. The molecule has 1 rings (SSSR count). The number of esters is 1. The van der Waals surface area contributed by atoms with Crippen molar-refractivity contribution >= 4 is 17.7 Å². The number of hydrogen-bond acceptors (Lipinski definition) is 5. The van der Waals surface area contributed by atoms with Crippen LogP contribution in [0.25, 0.3) is 0 Å². The minimum Gasteiger partial charge on any atom is -0.456 e. The predicted molar refractivity (Wildman–Crippen MR) is 88.0 cm³/mol. The molecule has 24 heavy (non-hydrogen) atoms. The first-order chi connectivity index (χ1) is 11.3. The summed E-state index contributed by atoms with van der Waals surface area (Å²) in [5.41, 5.74) is -0.489. The van der Waals surface area contributed by atoms with Crippen LogP contribution < -0.4 is 5.32 Å². The lowest BCUT2D eigenvalue weighted by atomic mass is 9.90. The summed E-state index contributed by atoms with van der Waals surface area (Å²) in [6, 6.07) is 10.7. The molecule has 0 heterocycles. The fourth-order valence-electron chi connectivity index (χ4n) is 1.83. The van der Waals surface area contributed by atoms with Crippen molar-refractivity contribution in [3.05, 3.63) is 35.9 Å². The standard InChI is InChI=1S/C18H22N2O4/c1-13(2)18(3,12-19)20-16(22)11-24-17(23)10-9-15(21)14-7-5-4-6-8-14/h4-8,13H,9-11H2,1-3H3,(H,20,22)/t18-/m1/s1. The highest BCUT2D eigenvalue weighted by Gasteiger charge is 2.30. The molecule has 0 saturated carbocycles. The van der Waals surface area contributed by atoms with Gasteiger partial charge in [-0.25, -0.2) is 0 Å². The summed E-state index contributed by atoms with van der Waals surface area (Å²) < 4.78 is 4.85. The minimum absolute atomic E-state index is 0.0202. The van der Waals surface area contributed by atoms with Crippen molar-refractivity contribution in [2.45, 2.75) is 39.2 Å². The molecule has 0 radical (unpaired) electrons. The number of ether oxygens (including phenoxy) is 1. The first-order valence-corrected chi connectivity index (χ1v) is 7.74. The third-order valence-corrected chi connectivity index (χ3v) is 3.80. The lowest BCUT2D eigenvalue weighted by Gasteiger charge is -2.27. The van der Waals surface area contributed by atoms with Crippen LogP contribution in [0.1, 0.15) is 44.0 Å². The molecule has 128 valence electrons. The Morgan fingerprint density at radius 1 is 1.21 bits per heavy atom. The molecule has 0 saturated heterocycles. The first-order valence-electron chi connectivity index (χ1n) is 7.74. The molecule has 0 aromatic heterocycles. The van der Waals surface area contributed by atoms with E-state index in [1.54, 1.807) is 37.3 Å². The average molecular weight is 330 g/mol. The van der Waals surface area contributed by atoms with E-state index in [9.17, 15) is 14.4 Å². The molecule has 1 atom stereocenters. The number of nitrogens with zero attached hydrogens (tertiary/aromatic N) is 1. The highest BCUT2D eigenvalue weighted by Crippen LogP contribution is 2.14. The monoisotopic (exact) mass is 330 g/mol. The highest BCUT2D eigenvalue weighted by atomic mass is 16.5. The third kappa shape index (κ3) is 5.84. The largest absolute Gasteiger partial charge is 0.456 e. The van der Waals surface area contributed by atoms with Gasteiger partial charge in [-0.05, 0) is 12.8 Å². The number of carbonyl (C=O) groups excluding carboxylic acids is 3. The van der Waals surface area contributed by atoms with Gasteiger partial charge in [-0.2, -0.15) is 5.26 Å². The Kier molecular flexibility index (Phi) is 7.12. The lowest BCUT2D eigenvalue weighted by Crippen LogP contribution is -2.50. The topological polar surface area (TPSA) is 96.3 Å². The zero-order valence-electron chi connectivity index (χ0n) is 14.2. The number of rotatable bonds is 8. The molecule has 1 aromatic rings. The van der Waals surface area contributed by atoms with E-state index in [4.69, 9.17) is 10.00 Å². The van der Waals surface area contributed by atoms with Gasteiger partial charge in [0, 0.05) is 12.0 Å². The van der Waals surface area contributed by atoms with Crippen LogP contribution in [-0.2, 0) is 14.3 Å². The van der Waals surface area contributed by atoms with Crippen molar-refractivity contribution < 1.29 is 19.1 Å². The number of nitriles is 1. The van der Waals surface area contributed by atoms with Crippen LogP contribution in [0.4, 0.5) is 0 Å². The van der Waals surface area contributed by atoms with E-state index in [-0.39, 0.29) is 24.5 Å². The van der Waals surface area contributed by atoms with Crippen LogP contribution in [0, 0.1) is 17.2 Å².